The molecule has 0 aliphatic carbocycles. The van der Waals surface area contributed by atoms with E-state index < -0.39 is 17.8 Å². The Morgan fingerprint density at radius 1 is 0.727 bits per heavy atom. The van der Waals surface area contributed by atoms with Crippen LogP contribution in [0.3, 0.4) is 0 Å². The number of rotatable bonds is 10. The van der Waals surface area contributed by atoms with Crippen LogP contribution in [0.4, 0.5) is 10.5 Å². The first-order valence-corrected chi connectivity index (χ1v) is 14.6. The Kier molecular flexibility index (Phi) is 9.75. The van der Waals surface area contributed by atoms with E-state index in [1.54, 1.807) is 72.8 Å². The van der Waals surface area contributed by atoms with Crippen molar-refractivity contribution < 1.29 is 28.6 Å². The number of nitrogens with zero attached hydrogens (tertiary/aromatic N) is 1. The fourth-order valence-electron chi connectivity index (χ4n) is 4.29. The van der Waals surface area contributed by atoms with Crippen molar-refractivity contribution in [1.29, 1.82) is 0 Å². The molecule has 0 bridgehead atoms. The second kappa shape index (κ2) is 13.9. The molecule has 0 saturated carbocycles. The van der Waals surface area contributed by atoms with Gasteiger partial charge < -0.3 is 14.2 Å². The molecule has 1 fully saturated rings. The predicted molar refractivity (Wildman–Crippen MR) is 170 cm³/mol. The smallest absolute Gasteiger partial charge is 0.335 e. The third-order valence-corrected chi connectivity index (χ3v) is 7.46. The van der Waals surface area contributed by atoms with Gasteiger partial charge in [-0.25, -0.2) is 9.69 Å². The van der Waals surface area contributed by atoms with Crippen molar-refractivity contribution in [2.45, 2.75) is 20.1 Å². The molecule has 224 valence electrons. The Morgan fingerprint density at radius 3 is 2.14 bits per heavy atom. The minimum absolute atomic E-state index is 0.209. The summed E-state index contributed by atoms with van der Waals surface area (Å²) in [7, 11) is 0. The van der Waals surface area contributed by atoms with Crippen LogP contribution < -0.4 is 24.4 Å². The Morgan fingerprint density at radius 2 is 1.43 bits per heavy atom. The average molecular weight is 652 g/mol. The molecule has 1 aliphatic heterocycles. The van der Waals surface area contributed by atoms with E-state index in [0.29, 0.717) is 51.1 Å². The van der Waals surface area contributed by atoms with Crippen LogP contribution in [0.5, 0.6) is 17.2 Å². The first kappa shape index (κ1) is 30.9. The largest absolute Gasteiger partial charge is 0.490 e. The molecule has 0 atom stereocenters. The van der Waals surface area contributed by atoms with E-state index in [-0.39, 0.29) is 17.9 Å². The zero-order valence-corrected chi connectivity index (χ0v) is 25.6. The van der Waals surface area contributed by atoms with Crippen molar-refractivity contribution in [3.8, 4) is 17.2 Å². The van der Waals surface area contributed by atoms with Crippen molar-refractivity contribution in [3.05, 3.63) is 122 Å². The molecule has 1 saturated heterocycles. The third-order valence-electron chi connectivity index (χ3n) is 6.47. The molecule has 0 aromatic heterocycles. The van der Waals surface area contributed by atoms with Gasteiger partial charge in [0.2, 0.25) is 0 Å². The number of hydrogen-bond acceptors (Lipinski definition) is 6. The molecule has 0 unspecified atom stereocenters. The highest BCUT2D eigenvalue weighted by molar-refractivity contribution is 6.42. The van der Waals surface area contributed by atoms with Crippen molar-refractivity contribution >= 4 is 64.4 Å². The maximum Gasteiger partial charge on any atom is 0.335 e. The first-order chi connectivity index (χ1) is 21.2. The van der Waals surface area contributed by atoms with Gasteiger partial charge in [0.05, 0.1) is 22.3 Å². The van der Waals surface area contributed by atoms with Crippen LogP contribution in [0.15, 0.2) is 90.5 Å². The van der Waals surface area contributed by atoms with Gasteiger partial charge in [-0.15, -0.1) is 0 Å². The standard InChI is InChI=1S/C33H25Cl3N2O6/c1-2-42-30-17-21(6-14-29(30)44-19-22-5-13-27(35)28(36)16-22)15-26-31(39)37-33(41)38(32(26)40)24-9-11-25(12-10-24)43-18-20-3-7-23(34)8-4-20/h3-17H,2,18-19H2,1H3,(H,37,39,41)/b26-15+. The molecule has 8 nitrogen and oxygen atoms in total. The quantitative estimate of drug-likeness (QED) is 0.139. The lowest BCUT2D eigenvalue weighted by molar-refractivity contribution is -0.122. The monoisotopic (exact) mass is 650 g/mol. The molecule has 1 heterocycles. The SMILES string of the molecule is CCOc1cc(/C=C2\C(=O)NC(=O)N(c3ccc(OCc4ccc(Cl)cc4)cc3)C2=O)ccc1OCc1ccc(Cl)c(Cl)c1. The molecule has 0 spiro atoms. The highest BCUT2D eigenvalue weighted by Gasteiger charge is 2.36. The lowest BCUT2D eigenvalue weighted by Gasteiger charge is -2.26. The van der Waals surface area contributed by atoms with Crippen molar-refractivity contribution in [2.24, 2.45) is 0 Å². The third kappa shape index (κ3) is 7.34. The lowest BCUT2D eigenvalue weighted by Crippen LogP contribution is -2.54. The van der Waals surface area contributed by atoms with Gasteiger partial charge in [0.1, 0.15) is 24.5 Å². The normalized spacial score (nSPS) is 14.0. The number of carbonyl (C=O) groups is 3. The zero-order valence-electron chi connectivity index (χ0n) is 23.3. The molecule has 44 heavy (non-hydrogen) atoms. The van der Waals surface area contributed by atoms with E-state index in [1.807, 2.05) is 19.1 Å². The number of benzene rings is 4. The Hall–Kier alpha value is -4.50. The molecule has 1 N–H and O–H groups in total. The van der Waals surface area contributed by atoms with Crippen molar-refractivity contribution in [1.82, 2.24) is 5.32 Å². The van der Waals surface area contributed by atoms with Crippen molar-refractivity contribution in [2.75, 3.05) is 11.5 Å². The molecular formula is C33H25Cl3N2O6. The van der Waals surface area contributed by atoms with Gasteiger partial charge in [-0.1, -0.05) is 59.1 Å². The summed E-state index contributed by atoms with van der Waals surface area (Å²) in [6.45, 7) is 2.69. The van der Waals surface area contributed by atoms with E-state index in [9.17, 15) is 14.4 Å². The summed E-state index contributed by atoms with van der Waals surface area (Å²) in [6.07, 6.45) is 1.39. The number of nitrogens with one attached hydrogen (secondary N) is 1. The Bertz CT molecular complexity index is 1740. The highest BCUT2D eigenvalue weighted by Crippen LogP contribution is 2.32. The van der Waals surface area contributed by atoms with Crippen LogP contribution in [0.2, 0.25) is 15.1 Å². The fourth-order valence-corrected chi connectivity index (χ4v) is 4.74. The predicted octanol–water partition coefficient (Wildman–Crippen LogP) is 7.87. The van der Waals surface area contributed by atoms with E-state index in [4.69, 9.17) is 49.0 Å². The fraction of sp³-hybridized carbons (Fsp3) is 0.121. The van der Waals surface area contributed by atoms with Crippen LogP contribution in [-0.4, -0.2) is 24.5 Å². The molecule has 4 aromatic carbocycles. The van der Waals surface area contributed by atoms with E-state index >= 15 is 0 Å². The number of carbonyl (C=O) groups excluding carboxylic acids is 3. The number of imide groups is 2. The van der Waals surface area contributed by atoms with Crippen LogP contribution in [-0.2, 0) is 22.8 Å². The summed E-state index contributed by atoms with van der Waals surface area (Å²) in [5.41, 5.74) is 2.28. The van der Waals surface area contributed by atoms with Gasteiger partial charge in [-0.2, -0.15) is 0 Å². The van der Waals surface area contributed by atoms with Gasteiger partial charge in [0, 0.05) is 5.02 Å². The van der Waals surface area contributed by atoms with E-state index in [2.05, 4.69) is 5.32 Å². The van der Waals surface area contributed by atoms with Crippen LogP contribution >= 0.6 is 34.8 Å². The number of halogens is 3. The molecule has 5 rings (SSSR count). The number of ether oxygens (including phenoxy) is 3. The molecule has 0 radical (unpaired) electrons. The van der Waals surface area contributed by atoms with Gasteiger partial charge in [0.25, 0.3) is 11.8 Å². The Balaban J connectivity index is 1.32. The van der Waals surface area contributed by atoms with Gasteiger partial charge in [0.15, 0.2) is 11.5 Å². The topological polar surface area (TPSA) is 94.2 Å². The summed E-state index contributed by atoms with van der Waals surface area (Å²) < 4.78 is 17.5. The maximum atomic E-state index is 13.4. The number of barbiturate groups is 1. The summed E-state index contributed by atoms with van der Waals surface area (Å²) in [6, 6.07) is 23.0. The van der Waals surface area contributed by atoms with Crippen LogP contribution in [0.1, 0.15) is 23.6 Å². The molecule has 4 aromatic rings. The van der Waals surface area contributed by atoms with Gasteiger partial charge in [-0.05, 0) is 90.4 Å². The number of urea groups is 1. The van der Waals surface area contributed by atoms with Crippen molar-refractivity contribution in [3.63, 3.8) is 0 Å². The first-order valence-electron chi connectivity index (χ1n) is 13.4. The summed E-state index contributed by atoms with van der Waals surface area (Å²) in [4.78, 5) is 39.7. The minimum Gasteiger partial charge on any atom is -0.490 e. The molecule has 4 amide bonds. The minimum atomic E-state index is -0.854. The van der Waals surface area contributed by atoms with E-state index in [0.717, 1.165) is 16.0 Å². The summed E-state index contributed by atoms with van der Waals surface area (Å²) >= 11 is 18.0. The van der Waals surface area contributed by atoms with Gasteiger partial charge >= 0.3 is 6.03 Å². The maximum absolute atomic E-state index is 13.4. The second-order valence-electron chi connectivity index (χ2n) is 9.54. The summed E-state index contributed by atoms with van der Waals surface area (Å²) in [5.74, 6) is -0.184. The lowest BCUT2D eigenvalue weighted by atomic mass is 10.1. The highest BCUT2D eigenvalue weighted by atomic mass is 35.5. The zero-order chi connectivity index (χ0) is 31.2. The number of amides is 4. The van der Waals surface area contributed by atoms with Gasteiger partial charge in [-0.3, -0.25) is 14.9 Å². The van der Waals surface area contributed by atoms with Crippen LogP contribution in [0.25, 0.3) is 6.08 Å². The number of anilines is 1. The van der Waals surface area contributed by atoms with Crippen LogP contribution in [0, 0.1) is 0 Å². The second-order valence-corrected chi connectivity index (χ2v) is 10.8. The summed E-state index contributed by atoms with van der Waals surface area (Å²) in [5, 5.41) is 3.73. The molecule has 1 aliphatic rings. The average Bonchev–Trinajstić information content (AvgIpc) is 3.01. The molecule has 11 heteroatoms. The van der Waals surface area contributed by atoms with E-state index in [1.165, 1.54) is 6.08 Å². The molecular weight excluding hydrogens is 627 g/mol. The number of hydrogen-bond donors (Lipinski definition) is 1. The Labute approximate surface area is 268 Å².